The zero-order chi connectivity index (χ0) is 17.1. The highest BCUT2D eigenvalue weighted by Crippen LogP contribution is 2.17. The van der Waals surface area contributed by atoms with Crippen molar-refractivity contribution in [3.8, 4) is 0 Å². The van der Waals surface area contributed by atoms with Crippen LogP contribution in [0.1, 0.15) is 17.0 Å². The van der Waals surface area contributed by atoms with E-state index in [1.165, 1.54) is 11.8 Å². The van der Waals surface area contributed by atoms with Crippen LogP contribution in [0.15, 0.2) is 48.9 Å². The standard InChI is InChI=1S/C18H19FN6/c19-15-3-1-2-14(8-15)12-24-6-7-25-17(13-24)9-16(23-25)10-22-18-11-20-4-5-21-18/h1-5,8-9,11H,6-7,10,12-13H2,(H,21,22). The topological polar surface area (TPSA) is 58.9 Å². The second-order valence-corrected chi connectivity index (χ2v) is 6.13. The van der Waals surface area contributed by atoms with Crippen LogP contribution >= 0.6 is 0 Å². The number of nitrogens with one attached hydrogen (secondary N) is 1. The van der Waals surface area contributed by atoms with Crippen molar-refractivity contribution in [2.75, 3.05) is 11.9 Å². The molecule has 128 valence electrons. The highest BCUT2D eigenvalue weighted by molar-refractivity contribution is 5.31. The summed E-state index contributed by atoms with van der Waals surface area (Å²) in [6, 6.07) is 8.91. The molecule has 0 amide bonds. The van der Waals surface area contributed by atoms with Crippen molar-refractivity contribution < 1.29 is 4.39 Å². The Kier molecular flexibility index (Phi) is 4.39. The van der Waals surface area contributed by atoms with Gasteiger partial charge in [-0.05, 0) is 23.8 Å². The molecule has 6 nitrogen and oxygen atoms in total. The van der Waals surface area contributed by atoms with Crippen LogP contribution in [0.2, 0.25) is 0 Å². The summed E-state index contributed by atoms with van der Waals surface area (Å²) in [7, 11) is 0. The summed E-state index contributed by atoms with van der Waals surface area (Å²) >= 11 is 0. The summed E-state index contributed by atoms with van der Waals surface area (Å²) in [5, 5.41) is 7.86. The lowest BCUT2D eigenvalue weighted by Gasteiger charge is -2.27. The van der Waals surface area contributed by atoms with Gasteiger partial charge in [-0.25, -0.2) is 9.37 Å². The molecule has 1 N–H and O–H groups in total. The van der Waals surface area contributed by atoms with Gasteiger partial charge in [0.2, 0.25) is 0 Å². The van der Waals surface area contributed by atoms with Gasteiger partial charge in [0.1, 0.15) is 11.6 Å². The lowest BCUT2D eigenvalue weighted by molar-refractivity contribution is 0.205. The minimum absolute atomic E-state index is 0.183. The lowest BCUT2D eigenvalue weighted by atomic mass is 10.2. The smallest absolute Gasteiger partial charge is 0.144 e. The second-order valence-electron chi connectivity index (χ2n) is 6.13. The third-order valence-corrected chi connectivity index (χ3v) is 4.24. The molecule has 7 heteroatoms. The largest absolute Gasteiger partial charge is 0.363 e. The van der Waals surface area contributed by atoms with E-state index in [0.717, 1.165) is 43.3 Å². The molecular weight excluding hydrogens is 319 g/mol. The molecule has 0 fully saturated rings. The summed E-state index contributed by atoms with van der Waals surface area (Å²) in [6.07, 6.45) is 5.00. The van der Waals surface area contributed by atoms with Gasteiger partial charge in [0, 0.05) is 32.0 Å². The molecule has 0 bridgehead atoms. The molecule has 3 aromatic rings. The van der Waals surface area contributed by atoms with Crippen LogP contribution in [-0.4, -0.2) is 31.2 Å². The van der Waals surface area contributed by atoms with Crippen molar-refractivity contribution >= 4 is 5.82 Å². The van der Waals surface area contributed by atoms with Gasteiger partial charge in [-0.15, -0.1) is 0 Å². The maximum Gasteiger partial charge on any atom is 0.144 e. The summed E-state index contributed by atoms with van der Waals surface area (Å²) < 4.78 is 15.4. The van der Waals surface area contributed by atoms with E-state index in [2.05, 4.69) is 36.0 Å². The number of hydrogen-bond donors (Lipinski definition) is 1. The molecule has 0 saturated heterocycles. The van der Waals surface area contributed by atoms with Crippen molar-refractivity contribution in [2.45, 2.75) is 26.2 Å². The molecule has 1 aliphatic rings. The monoisotopic (exact) mass is 338 g/mol. The van der Waals surface area contributed by atoms with Crippen LogP contribution in [-0.2, 0) is 26.2 Å². The van der Waals surface area contributed by atoms with Gasteiger partial charge in [0.25, 0.3) is 0 Å². The molecule has 2 aromatic heterocycles. The van der Waals surface area contributed by atoms with Crippen molar-refractivity contribution in [1.82, 2.24) is 24.6 Å². The average Bonchev–Trinajstić information content (AvgIpc) is 3.03. The number of fused-ring (bicyclic) bond motifs is 1. The normalized spacial score (nSPS) is 14.3. The van der Waals surface area contributed by atoms with Crippen LogP contribution < -0.4 is 5.32 Å². The first-order chi connectivity index (χ1) is 12.3. The van der Waals surface area contributed by atoms with Gasteiger partial charge in [0.05, 0.1) is 30.7 Å². The third kappa shape index (κ3) is 3.83. The molecule has 4 rings (SSSR count). The molecule has 0 spiro atoms. The van der Waals surface area contributed by atoms with Crippen LogP contribution in [0.4, 0.5) is 10.2 Å². The maximum atomic E-state index is 13.3. The fourth-order valence-corrected chi connectivity index (χ4v) is 3.07. The van der Waals surface area contributed by atoms with E-state index in [0.29, 0.717) is 6.54 Å². The molecule has 0 aliphatic carbocycles. The average molecular weight is 338 g/mol. The summed E-state index contributed by atoms with van der Waals surface area (Å²) in [4.78, 5) is 10.5. The van der Waals surface area contributed by atoms with Gasteiger partial charge in [-0.1, -0.05) is 12.1 Å². The molecule has 0 atom stereocenters. The summed E-state index contributed by atoms with van der Waals surface area (Å²) in [5.41, 5.74) is 3.16. The second kappa shape index (κ2) is 6.98. The third-order valence-electron chi connectivity index (χ3n) is 4.24. The Hall–Kier alpha value is -2.80. The molecule has 1 aromatic carbocycles. The highest BCUT2D eigenvalue weighted by atomic mass is 19.1. The molecular formula is C18H19FN6. The molecule has 0 unspecified atom stereocenters. The lowest BCUT2D eigenvalue weighted by Crippen LogP contribution is -2.33. The van der Waals surface area contributed by atoms with E-state index >= 15 is 0 Å². The Bertz CT molecular complexity index is 848. The Morgan fingerprint density at radius 3 is 2.96 bits per heavy atom. The fourth-order valence-electron chi connectivity index (χ4n) is 3.07. The van der Waals surface area contributed by atoms with E-state index < -0.39 is 0 Å². The van der Waals surface area contributed by atoms with E-state index in [9.17, 15) is 4.39 Å². The number of hydrogen-bond acceptors (Lipinski definition) is 5. The maximum absolute atomic E-state index is 13.3. The Labute approximate surface area is 145 Å². The first kappa shape index (κ1) is 15.7. The van der Waals surface area contributed by atoms with Crippen molar-refractivity contribution in [1.29, 1.82) is 0 Å². The van der Waals surface area contributed by atoms with Crippen molar-refractivity contribution in [3.05, 3.63) is 71.7 Å². The van der Waals surface area contributed by atoms with E-state index in [1.54, 1.807) is 30.7 Å². The van der Waals surface area contributed by atoms with Gasteiger partial charge in [0.15, 0.2) is 0 Å². The highest BCUT2D eigenvalue weighted by Gasteiger charge is 2.18. The fraction of sp³-hybridized carbons (Fsp3) is 0.278. The quantitative estimate of drug-likeness (QED) is 0.774. The molecule has 0 saturated carbocycles. The SMILES string of the molecule is Fc1cccc(CN2CCn3nc(CNc4cnccn4)cc3C2)c1. The number of benzene rings is 1. The number of aromatic nitrogens is 4. The Balaban J connectivity index is 1.39. The zero-order valence-electron chi connectivity index (χ0n) is 13.8. The van der Waals surface area contributed by atoms with Crippen molar-refractivity contribution in [3.63, 3.8) is 0 Å². The van der Waals surface area contributed by atoms with Crippen LogP contribution in [0.5, 0.6) is 0 Å². The predicted molar refractivity (Wildman–Crippen MR) is 92.1 cm³/mol. The van der Waals surface area contributed by atoms with Crippen molar-refractivity contribution in [2.24, 2.45) is 0 Å². The van der Waals surface area contributed by atoms with E-state index in [-0.39, 0.29) is 5.82 Å². The Morgan fingerprint density at radius 2 is 2.12 bits per heavy atom. The van der Waals surface area contributed by atoms with E-state index in [1.807, 2.05) is 6.07 Å². The first-order valence-corrected chi connectivity index (χ1v) is 8.28. The molecule has 3 heterocycles. The first-order valence-electron chi connectivity index (χ1n) is 8.28. The zero-order valence-corrected chi connectivity index (χ0v) is 13.8. The van der Waals surface area contributed by atoms with Gasteiger partial charge >= 0.3 is 0 Å². The van der Waals surface area contributed by atoms with Gasteiger partial charge in [-0.3, -0.25) is 14.6 Å². The number of nitrogens with zero attached hydrogens (tertiary/aromatic N) is 5. The van der Waals surface area contributed by atoms with Crippen LogP contribution in [0.3, 0.4) is 0 Å². The Morgan fingerprint density at radius 1 is 1.16 bits per heavy atom. The summed E-state index contributed by atoms with van der Waals surface area (Å²) in [6.45, 7) is 3.92. The number of rotatable bonds is 5. The molecule has 25 heavy (non-hydrogen) atoms. The van der Waals surface area contributed by atoms with Crippen LogP contribution in [0.25, 0.3) is 0 Å². The van der Waals surface area contributed by atoms with E-state index in [4.69, 9.17) is 0 Å². The van der Waals surface area contributed by atoms with Gasteiger partial charge in [-0.2, -0.15) is 5.10 Å². The molecule has 0 radical (unpaired) electrons. The molecule has 1 aliphatic heterocycles. The minimum atomic E-state index is -0.183. The predicted octanol–water partition coefficient (Wildman–Crippen LogP) is 2.44. The number of anilines is 1. The number of halogens is 1. The summed E-state index contributed by atoms with van der Waals surface area (Å²) in [5.74, 6) is 0.554. The van der Waals surface area contributed by atoms with Gasteiger partial charge < -0.3 is 5.32 Å². The van der Waals surface area contributed by atoms with Crippen LogP contribution in [0, 0.1) is 5.82 Å². The minimum Gasteiger partial charge on any atom is -0.363 e.